The molecule has 48 heavy (non-hydrogen) atoms. The zero-order valence-corrected chi connectivity index (χ0v) is 29.9. The van der Waals surface area contributed by atoms with Crippen molar-refractivity contribution in [3.05, 3.63) is 63.8 Å². The Labute approximate surface area is 292 Å². The van der Waals surface area contributed by atoms with Crippen molar-refractivity contribution in [2.75, 3.05) is 72.0 Å². The van der Waals surface area contributed by atoms with Gasteiger partial charge in [-0.15, -0.1) is 0 Å². The van der Waals surface area contributed by atoms with E-state index in [1.165, 1.54) is 26.0 Å². The van der Waals surface area contributed by atoms with Crippen LogP contribution in [-0.4, -0.2) is 122 Å². The normalized spacial score (nSPS) is 16.8. The minimum absolute atomic E-state index is 0.0262. The van der Waals surface area contributed by atoms with Gasteiger partial charge in [-0.1, -0.05) is 41.4 Å². The molecule has 0 radical (unpaired) electrons. The van der Waals surface area contributed by atoms with E-state index in [2.05, 4.69) is 19.5 Å². The summed E-state index contributed by atoms with van der Waals surface area (Å²) in [6.45, 7) is 11.4. The molecule has 12 nitrogen and oxygen atoms in total. The Morgan fingerprint density at radius 1 is 0.938 bits per heavy atom. The Morgan fingerprint density at radius 2 is 1.60 bits per heavy atom. The van der Waals surface area contributed by atoms with Gasteiger partial charge in [0.2, 0.25) is 21.8 Å². The predicted molar refractivity (Wildman–Crippen MR) is 187 cm³/mol. The average molecular weight is 721 g/mol. The summed E-state index contributed by atoms with van der Waals surface area (Å²) in [5.41, 5.74) is 5.93. The van der Waals surface area contributed by atoms with Gasteiger partial charge in [-0.25, -0.2) is 13.4 Å². The van der Waals surface area contributed by atoms with Crippen molar-refractivity contribution in [1.82, 2.24) is 29.3 Å². The molecule has 0 bridgehead atoms. The summed E-state index contributed by atoms with van der Waals surface area (Å²) < 4.78 is 35.9. The number of aromatic nitrogens is 1. The van der Waals surface area contributed by atoms with Crippen molar-refractivity contribution in [2.24, 2.45) is 5.73 Å². The zero-order chi connectivity index (χ0) is 34.6. The molecule has 0 atom stereocenters. The van der Waals surface area contributed by atoms with Crippen LogP contribution in [0.3, 0.4) is 0 Å². The maximum Gasteiger partial charge on any atom is 0.243 e. The molecular formula is C33H43Cl2N7O5S. The number of nitrogens with one attached hydrogen (secondary N) is 1. The number of para-hydroxylation sites is 1. The first-order valence-electron chi connectivity index (χ1n) is 16.0. The number of aryl methyl sites for hydroxylation is 1. The predicted octanol–water partition coefficient (Wildman–Crippen LogP) is 2.73. The molecule has 2 aliphatic rings. The van der Waals surface area contributed by atoms with Crippen molar-refractivity contribution < 1.29 is 22.7 Å². The molecule has 2 amide bonds. The van der Waals surface area contributed by atoms with Gasteiger partial charge in [-0.2, -0.15) is 4.72 Å². The third-order valence-electron chi connectivity index (χ3n) is 8.75. The third-order valence-corrected chi connectivity index (χ3v) is 11.3. The molecule has 3 heterocycles. The van der Waals surface area contributed by atoms with E-state index in [0.29, 0.717) is 50.5 Å². The summed E-state index contributed by atoms with van der Waals surface area (Å²) >= 11 is 13.1. The molecule has 5 rings (SSSR count). The average Bonchev–Trinajstić information content (AvgIpc) is 3.05. The molecule has 1 aromatic heterocycles. The zero-order valence-electron chi connectivity index (χ0n) is 27.5. The number of benzene rings is 2. The van der Waals surface area contributed by atoms with Crippen molar-refractivity contribution in [3.8, 4) is 5.75 Å². The van der Waals surface area contributed by atoms with Crippen LogP contribution in [0.15, 0.2) is 47.4 Å². The number of amides is 2. The Hall–Kier alpha value is -3.04. The maximum absolute atomic E-state index is 13.7. The number of sulfonamides is 1. The quantitative estimate of drug-likeness (QED) is 0.306. The Morgan fingerprint density at radius 3 is 2.29 bits per heavy atom. The van der Waals surface area contributed by atoms with E-state index >= 15 is 0 Å². The monoisotopic (exact) mass is 719 g/mol. The van der Waals surface area contributed by atoms with E-state index in [1.54, 1.807) is 15.9 Å². The summed E-state index contributed by atoms with van der Waals surface area (Å²) in [6.07, 6.45) is 0. The lowest BCUT2D eigenvalue weighted by atomic mass is 10.0. The summed E-state index contributed by atoms with van der Waals surface area (Å²) in [5, 5.41) is 1.03. The van der Waals surface area contributed by atoms with Crippen LogP contribution < -0.4 is 15.2 Å². The second kappa shape index (κ2) is 15.2. The van der Waals surface area contributed by atoms with Gasteiger partial charge in [0.25, 0.3) is 0 Å². The number of rotatable bonds is 11. The maximum atomic E-state index is 13.7. The van der Waals surface area contributed by atoms with Gasteiger partial charge in [0.05, 0.1) is 11.6 Å². The van der Waals surface area contributed by atoms with Crippen LogP contribution in [0.4, 0.5) is 0 Å². The number of hydrogen-bond acceptors (Lipinski definition) is 9. The van der Waals surface area contributed by atoms with E-state index in [-0.39, 0.29) is 33.0 Å². The van der Waals surface area contributed by atoms with Gasteiger partial charge in [0, 0.05) is 87.1 Å². The van der Waals surface area contributed by atoms with Crippen LogP contribution >= 0.6 is 23.2 Å². The molecule has 0 saturated carbocycles. The van der Waals surface area contributed by atoms with Crippen molar-refractivity contribution in [2.45, 2.75) is 37.8 Å². The fraction of sp³-hybridized carbons (Fsp3) is 0.485. The van der Waals surface area contributed by atoms with E-state index in [9.17, 15) is 18.0 Å². The molecular weight excluding hydrogens is 677 g/mol. The van der Waals surface area contributed by atoms with Crippen LogP contribution in [0.5, 0.6) is 5.75 Å². The van der Waals surface area contributed by atoms with Gasteiger partial charge >= 0.3 is 0 Å². The lowest BCUT2D eigenvalue weighted by molar-refractivity contribution is -0.143. The SMILES string of the molecule is Cc1ccc2cccc(OCc3c(Cl)ccc(S(=O)(=O)NC(C)(C)C(=O)N4CCN(C(=O)CN5CCN(CCN)CC5)CC4)c3Cl)c2n1. The van der Waals surface area contributed by atoms with E-state index in [1.807, 2.05) is 31.2 Å². The van der Waals surface area contributed by atoms with Crippen molar-refractivity contribution >= 4 is 55.9 Å². The highest BCUT2D eigenvalue weighted by Crippen LogP contribution is 2.34. The van der Waals surface area contributed by atoms with Gasteiger partial charge in [-0.3, -0.25) is 19.4 Å². The van der Waals surface area contributed by atoms with Gasteiger partial charge in [-0.05, 0) is 45.0 Å². The van der Waals surface area contributed by atoms with Crippen LogP contribution in [0.25, 0.3) is 10.9 Å². The van der Waals surface area contributed by atoms with Crippen LogP contribution in [0, 0.1) is 6.92 Å². The number of fused-ring (bicyclic) bond motifs is 1. The number of halogens is 2. The highest BCUT2D eigenvalue weighted by Gasteiger charge is 2.39. The molecule has 260 valence electrons. The van der Waals surface area contributed by atoms with Crippen LogP contribution in [-0.2, 0) is 26.2 Å². The molecule has 2 saturated heterocycles. The van der Waals surface area contributed by atoms with Crippen LogP contribution in [0.1, 0.15) is 25.1 Å². The number of ether oxygens (including phenoxy) is 1. The number of pyridine rings is 1. The summed E-state index contributed by atoms with van der Waals surface area (Å²) in [6, 6.07) is 12.1. The molecule has 0 spiro atoms. The van der Waals surface area contributed by atoms with Gasteiger partial charge < -0.3 is 20.3 Å². The van der Waals surface area contributed by atoms with Crippen molar-refractivity contribution in [3.63, 3.8) is 0 Å². The Balaban J connectivity index is 1.20. The first-order valence-corrected chi connectivity index (χ1v) is 18.2. The molecule has 0 unspecified atom stereocenters. The molecule has 2 aliphatic heterocycles. The van der Waals surface area contributed by atoms with Gasteiger partial charge in [0.1, 0.15) is 28.3 Å². The molecule has 15 heteroatoms. The second-order valence-electron chi connectivity index (χ2n) is 12.7. The Bertz CT molecular complexity index is 1760. The van der Waals surface area contributed by atoms with Gasteiger partial charge in [0.15, 0.2) is 0 Å². The summed E-state index contributed by atoms with van der Waals surface area (Å²) in [7, 11) is -4.28. The smallest absolute Gasteiger partial charge is 0.243 e. The number of carbonyl (C=O) groups excluding carboxylic acids is 2. The highest BCUT2D eigenvalue weighted by atomic mass is 35.5. The summed E-state index contributed by atoms with van der Waals surface area (Å²) in [4.78, 5) is 38.7. The molecule has 3 aromatic rings. The first kappa shape index (κ1) is 36.2. The molecule has 0 aliphatic carbocycles. The minimum atomic E-state index is -4.28. The number of nitrogens with zero attached hydrogens (tertiary/aromatic N) is 5. The highest BCUT2D eigenvalue weighted by molar-refractivity contribution is 7.89. The molecule has 2 fully saturated rings. The third kappa shape index (κ3) is 8.39. The first-order chi connectivity index (χ1) is 22.8. The van der Waals surface area contributed by atoms with E-state index in [4.69, 9.17) is 33.7 Å². The van der Waals surface area contributed by atoms with Crippen molar-refractivity contribution in [1.29, 1.82) is 0 Å². The molecule has 3 N–H and O–H groups in total. The fourth-order valence-corrected chi connectivity index (χ4v) is 8.29. The fourth-order valence-electron chi connectivity index (χ4n) is 6.03. The summed E-state index contributed by atoms with van der Waals surface area (Å²) in [5.74, 6) is 0.129. The van der Waals surface area contributed by atoms with Crippen LogP contribution in [0.2, 0.25) is 10.0 Å². The number of piperazine rings is 2. The van der Waals surface area contributed by atoms with E-state index < -0.39 is 21.5 Å². The number of nitrogens with two attached hydrogens (primary N) is 1. The minimum Gasteiger partial charge on any atom is -0.487 e. The number of carbonyl (C=O) groups is 2. The largest absolute Gasteiger partial charge is 0.487 e. The van der Waals surface area contributed by atoms with E-state index in [0.717, 1.165) is 43.8 Å². The molecule has 2 aromatic carbocycles. The Kier molecular flexibility index (Phi) is 11.5. The topological polar surface area (TPSA) is 141 Å². The lowest BCUT2D eigenvalue weighted by Gasteiger charge is -2.40. The lowest BCUT2D eigenvalue weighted by Crippen LogP contribution is -2.60. The second-order valence-corrected chi connectivity index (χ2v) is 15.2. The number of hydrogen-bond donors (Lipinski definition) is 2. The standard InChI is InChI=1S/C33H43Cl2N7O5S/c1-23-7-8-24-5-4-6-27(31(24)37-23)47-22-25-26(34)9-10-28(30(25)35)48(45,46)38-33(2,3)32(44)42-19-17-41(18-20-42)29(43)21-40-15-13-39(12-11-36)14-16-40/h4-10,38H,11-22,36H2,1-3H3.